The Kier molecular flexibility index (Phi) is 7.70. The highest BCUT2D eigenvalue weighted by molar-refractivity contribution is 6.37. The smallest absolute Gasteiger partial charge is 0.152 e. The summed E-state index contributed by atoms with van der Waals surface area (Å²) in [7, 11) is 4.04. The molecule has 0 unspecified atom stereocenters. The number of aromatic nitrogens is 2. The summed E-state index contributed by atoms with van der Waals surface area (Å²) in [6.45, 7) is 1.69. The second-order valence-corrected chi connectivity index (χ2v) is 9.15. The van der Waals surface area contributed by atoms with E-state index in [1.54, 1.807) is 24.5 Å². The normalized spacial score (nSPS) is 11.1. The number of benzene rings is 2. The molecule has 35 heavy (non-hydrogen) atoms. The molecule has 0 aliphatic heterocycles. The number of aldehydes is 1. The second kappa shape index (κ2) is 10.9. The van der Waals surface area contributed by atoms with Gasteiger partial charge >= 0.3 is 0 Å². The standard InChI is InChI=1S/C26H25Cl2N5O2/c1-33(2)9-8-29-24-6-4-19(15-31-24)32-25-17(7-10-34)14-30-23-5-3-16(11-20(23)25)18-12-21(27)26(35)22(28)13-18/h3-6,10-15,35H,7-9H2,1-2H3,(H,29,31)(H,30,32). The molecule has 0 bridgehead atoms. The highest BCUT2D eigenvalue weighted by atomic mass is 35.5. The highest BCUT2D eigenvalue weighted by Crippen LogP contribution is 2.38. The fourth-order valence-electron chi connectivity index (χ4n) is 3.66. The number of fused-ring (bicyclic) bond motifs is 1. The topological polar surface area (TPSA) is 90.4 Å². The number of carbonyl (C=O) groups is 1. The maximum Gasteiger partial charge on any atom is 0.152 e. The molecule has 0 radical (unpaired) electrons. The molecule has 0 aliphatic carbocycles. The molecule has 7 nitrogen and oxygen atoms in total. The number of hydrogen-bond donors (Lipinski definition) is 3. The average molecular weight is 510 g/mol. The average Bonchev–Trinajstić information content (AvgIpc) is 2.84. The number of likely N-dealkylation sites (N-methyl/N-ethyl adjacent to an activating group) is 1. The number of hydrogen-bond acceptors (Lipinski definition) is 7. The molecule has 0 fully saturated rings. The molecule has 2 aromatic carbocycles. The van der Waals surface area contributed by atoms with Gasteiger partial charge in [0.1, 0.15) is 12.1 Å². The molecule has 4 rings (SSSR count). The summed E-state index contributed by atoms with van der Waals surface area (Å²) in [5.74, 6) is 0.635. The molecule has 180 valence electrons. The van der Waals surface area contributed by atoms with Crippen molar-refractivity contribution in [1.82, 2.24) is 14.9 Å². The summed E-state index contributed by atoms with van der Waals surface area (Å²) in [6, 6.07) is 12.9. The van der Waals surface area contributed by atoms with Crippen molar-refractivity contribution in [1.29, 1.82) is 0 Å². The number of halogens is 2. The quantitative estimate of drug-likeness (QED) is 0.247. The zero-order valence-corrected chi connectivity index (χ0v) is 20.9. The number of phenolic OH excluding ortho intramolecular Hbond substituents is 1. The molecule has 0 saturated heterocycles. The van der Waals surface area contributed by atoms with Crippen molar-refractivity contribution in [2.75, 3.05) is 37.8 Å². The number of pyridine rings is 2. The summed E-state index contributed by atoms with van der Waals surface area (Å²) in [5.41, 5.74) is 4.67. The Hall–Kier alpha value is -3.39. The van der Waals surface area contributed by atoms with Crippen molar-refractivity contribution in [2.45, 2.75) is 6.42 Å². The van der Waals surface area contributed by atoms with Crippen LogP contribution in [-0.2, 0) is 11.2 Å². The largest absolute Gasteiger partial charge is 0.505 e. The van der Waals surface area contributed by atoms with Crippen LogP contribution < -0.4 is 10.6 Å². The van der Waals surface area contributed by atoms with E-state index >= 15 is 0 Å². The van der Waals surface area contributed by atoms with Crippen molar-refractivity contribution in [3.8, 4) is 16.9 Å². The van der Waals surface area contributed by atoms with E-state index in [9.17, 15) is 9.90 Å². The monoisotopic (exact) mass is 509 g/mol. The van der Waals surface area contributed by atoms with Crippen molar-refractivity contribution in [2.24, 2.45) is 0 Å². The van der Waals surface area contributed by atoms with E-state index in [-0.39, 0.29) is 22.2 Å². The molecule has 4 aromatic rings. The molecule has 9 heteroatoms. The van der Waals surface area contributed by atoms with Crippen LogP contribution >= 0.6 is 23.2 Å². The van der Waals surface area contributed by atoms with Crippen LogP contribution in [0.4, 0.5) is 17.2 Å². The lowest BCUT2D eigenvalue weighted by Crippen LogP contribution is -2.21. The second-order valence-electron chi connectivity index (χ2n) is 8.34. The number of phenols is 1. The van der Waals surface area contributed by atoms with Crippen LogP contribution in [0, 0.1) is 0 Å². The molecule has 0 aliphatic rings. The first-order valence-corrected chi connectivity index (χ1v) is 11.8. The van der Waals surface area contributed by atoms with Crippen LogP contribution in [0.2, 0.25) is 10.0 Å². The van der Waals surface area contributed by atoms with E-state index in [0.29, 0.717) is 0 Å². The van der Waals surface area contributed by atoms with E-state index < -0.39 is 0 Å². The Labute approximate surface area is 213 Å². The Morgan fingerprint density at radius 3 is 2.43 bits per heavy atom. The molecule has 2 heterocycles. The number of rotatable bonds is 9. The SMILES string of the molecule is CN(C)CCNc1ccc(Nc2c(CC=O)cnc3ccc(-c4cc(Cl)c(O)c(Cl)c4)cc23)cn1. The first-order valence-electron chi connectivity index (χ1n) is 11.0. The molecule has 0 atom stereocenters. The number of anilines is 3. The highest BCUT2D eigenvalue weighted by Gasteiger charge is 2.13. The van der Waals surface area contributed by atoms with Crippen molar-refractivity contribution < 1.29 is 9.90 Å². The minimum absolute atomic E-state index is 0.151. The van der Waals surface area contributed by atoms with Crippen LogP contribution in [0.1, 0.15) is 5.56 Å². The molecule has 3 N–H and O–H groups in total. The molecular formula is C26H25Cl2N5O2. The molecule has 2 aromatic heterocycles. The Balaban J connectivity index is 1.70. The van der Waals surface area contributed by atoms with Gasteiger partial charge in [0.15, 0.2) is 5.75 Å². The van der Waals surface area contributed by atoms with E-state index in [1.165, 1.54) is 0 Å². The van der Waals surface area contributed by atoms with E-state index in [4.69, 9.17) is 23.2 Å². The van der Waals surface area contributed by atoms with Gasteiger partial charge < -0.3 is 25.4 Å². The zero-order chi connectivity index (χ0) is 24.9. The van der Waals surface area contributed by atoms with Crippen LogP contribution in [0.5, 0.6) is 5.75 Å². The fourth-order valence-corrected chi connectivity index (χ4v) is 4.15. The van der Waals surface area contributed by atoms with Gasteiger partial charge in [0.2, 0.25) is 0 Å². The summed E-state index contributed by atoms with van der Waals surface area (Å²) < 4.78 is 0. The maximum absolute atomic E-state index is 11.4. The summed E-state index contributed by atoms with van der Waals surface area (Å²) >= 11 is 12.3. The van der Waals surface area contributed by atoms with Crippen molar-refractivity contribution in [3.05, 3.63) is 70.5 Å². The lowest BCUT2D eigenvalue weighted by atomic mass is 10.00. The van der Waals surface area contributed by atoms with Crippen LogP contribution in [0.3, 0.4) is 0 Å². The summed E-state index contributed by atoms with van der Waals surface area (Å²) in [5, 5.41) is 17.8. The zero-order valence-electron chi connectivity index (χ0n) is 19.3. The van der Waals surface area contributed by atoms with Gasteiger partial charge in [-0.25, -0.2) is 4.98 Å². The predicted octanol–water partition coefficient (Wildman–Crippen LogP) is 5.77. The van der Waals surface area contributed by atoms with Crippen LogP contribution in [0.25, 0.3) is 22.0 Å². The van der Waals surface area contributed by atoms with Gasteiger partial charge in [0.05, 0.1) is 33.1 Å². The van der Waals surface area contributed by atoms with Gasteiger partial charge in [-0.15, -0.1) is 0 Å². The maximum atomic E-state index is 11.4. The molecule has 0 saturated carbocycles. The molecule has 0 amide bonds. The van der Waals surface area contributed by atoms with Crippen LogP contribution in [0.15, 0.2) is 54.9 Å². The fraction of sp³-hybridized carbons (Fsp3) is 0.192. The van der Waals surface area contributed by atoms with Crippen molar-refractivity contribution >= 4 is 57.6 Å². The number of nitrogens with one attached hydrogen (secondary N) is 2. The Morgan fingerprint density at radius 2 is 1.77 bits per heavy atom. The van der Waals surface area contributed by atoms with E-state index in [2.05, 4.69) is 25.5 Å². The van der Waals surface area contributed by atoms with Crippen LogP contribution in [-0.4, -0.2) is 53.4 Å². The van der Waals surface area contributed by atoms with Gasteiger partial charge in [-0.3, -0.25) is 4.98 Å². The van der Waals surface area contributed by atoms with Gasteiger partial charge in [0.25, 0.3) is 0 Å². The third kappa shape index (κ3) is 5.82. The number of aromatic hydroxyl groups is 1. The Morgan fingerprint density at radius 1 is 1.00 bits per heavy atom. The van der Waals surface area contributed by atoms with E-state index in [0.717, 1.165) is 64.2 Å². The minimum atomic E-state index is -0.151. The lowest BCUT2D eigenvalue weighted by molar-refractivity contribution is -0.107. The van der Waals surface area contributed by atoms with Gasteiger partial charge in [-0.1, -0.05) is 29.3 Å². The van der Waals surface area contributed by atoms with Gasteiger partial charge in [0, 0.05) is 36.7 Å². The third-order valence-electron chi connectivity index (χ3n) is 5.50. The first-order chi connectivity index (χ1) is 16.9. The minimum Gasteiger partial charge on any atom is -0.505 e. The van der Waals surface area contributed by atoms with Gasteiger partial charge in [-0.2, -0.15) is 0 Å². The first kappa shape index (κ1) is 24.7. The third-order valence-corrected chi connectivity index (χ3v) is 6.07. The Bertz CT molecular complexity index is 1340. The predicted molar refractivity (Wildman–Crippen MR) is 143 cm³/mol. The van der Waals surface area contributed by atoms with Crippen molar-refractivity contribution in [3.63, 3.8) is 0 Å². The molecule has 0 spiro atoms. The summed E-state index contributed by atoms with van der Waals surface area (Å²) in [6.07, 6.45) is 4.52. The summed E-state index contributed by atoms with van der Waals surface area (Å²) in [4.78, 5) is 22.5. The lowest BCUT2D eigenvalue weighted by Gasteiger charge is -2.15. The van der Waals surface area contributed by atoms with Gasteiger partial charge in [-0.05, 0) is 61.6 Å². The van der Waals surface area contributed by atoms with E-state index in [1.807, 2.05) is 44.4 Å². The molecular weight excluding hydrogens is 485 g/mol. The number of carbonyl (C=O) groups excluding carboxylic acids is 1. The number of nitrogens with zero attached hydrogens (tertiary/aromatic N) is 3.